The van der Waals surface area contributed by atoms with Crippen LogP contribution in [0.25, 0.3) is 0 Å². The van der Waals surface area contributed by atoms with Gasteiger partial charge in [0.05, 0.1) is 6.61 Å². The molecule has 0 saturated carbocycles. The van der Waals surface area contributed by atoms with Crippen LogP contribution in [0.15, 0.2) is 18.2 Å². The molecule has 0 spiro atoms. The van der Waals surface area contributed by atoms with Crippen LogP contribution in [0.1, 0.15) is 12.5 Å². The largest absolute Gasteiger partial charge is 0.481 e. The van der Waals surface area contributed by atoms with Crippen molar-refractivity contribution in [2.45, 2.75) is 19.4 Å². The molecule has 0 aliphatic heterocycles. The molecular formula is C14H21ClN2O3. The first-order chi connectivity index (χ1) is 9.60. The normalized spacial score (nSPS) is 12.0. The third kappa shape index (κ3) is 5.00. The number of nitrogens with two attached hydrogens (primary N) is 1. The molecule has 112 valence electrons. The van der Waals surface area contributed by atoms with Gasteiger partial charge in [0.25, 0.3) is 5.91 Å². The van der Waals surface area contributed by atoms with Gasteiger partial charge in [0.15, 0.2) is 6.10 Å². The second kappa shape index (κ2) is 8.79. The summed E-state index contributed by atoms with van der Waals surface area (Å²) >= 11 is 6.12. The molecule has 0 fully saturated rings. The van der Waals surface area contributed by atoms with Gasteiger partial charge >= 0.3 is 0 Å². The van der Waals surface area contributed by atoms with Crippen molar-refractivity contribution in [2.75, 3.05) is 26.8 Å². The summed E-state index contributed by atoms with van der Waals surface area (Å²) in [5, 5.41) is 3.32. The van der Waals surface area contributed by atoms with Crippen LogP contribution in [0.2, 0.25) is 5.02 Å². The molecule has 0 aliphatic rings. The fourth-order valence-electron chi connectivity index (χ4n) is 1.70. The predicted molar refractivity (Wildman–Crippen MR) is 79.2 cm³/mol. The third-order valence-electron chi connectivity index (χ3n) is 2.75. The van der Waals surface area contributed by atoms with Crippen molar-refractivity contribution in [2.24, 2.45) is 5.73 Å². The SMILES string of the molecule is COCCNC(=O)C(C)Oc1cccc(Cl)c1CCN. The first-order valence-electron chi connectivity index (χ1n) is 6.51. The van der Waals surface area contributed by atoms with E-state index in [0.29, 0.717) is 36.9 Å². The highest BCUT2D eigenvalue weighted by Crippen LogP contribution is 2.27. The van der Waals surface area contributed by atoms with E-state index < -0.39 is 6.10 Å². The van der Waals surface area contributed by atoms with Gasteiger partial charge < -0.3 is 20.5 Å². The average molecular weight is 301 g/mol. The molecule has 0 aromatic heterocycles. The van der Waals surface area contributed by atoms with Gasteiger partial charge in [-0.25, -0.2) is 0 Å². The van der Waals surface area contributed by atoms with E-state index in [-0.39, 0.29) is 5.91 Å². The molecule has 5 nitrogen and oxygen atoms in total. The Morgan fingerprint density at radius 3 is 2.90 bits per heavy atom. The smallest absolute Gasteiger partial charge is 0.260 e. The van der Waals surface area contributed by atoms with Crippen molar-refractivity contribution in [1.29, 1.82) is 0 Å². The van der Waals surface area contributed by atoms with Crippen LogP contribution < -0.4 is 15.8 Å². The molecule has 0 aliphatic carbocycles. The summed E-state index contributed by atoms with van der Waals surface area (Å²) in [5.41, 5.74) is 6.39. The first-order valence-corrected chi connectivity index (χ1v) is 6.88. The number of carbonyl (C=O) groups is 1. The number of hydrogen-bond donors (Lipinski definition) is 2. The zero-order chi connectivity index (χ0) is 15.0. The molecular weight excluding hydrogens is 280 g/mol. The molecule has 0 heterocycles. The van der Waals surface area contributed by atoms with Crippen molar-refractivity contribution in [3.05, 3.63) is 28.8 Å². The van der Waals surface area contributed by atoms with Gasteiger partial charge in [-0.2, -0.15) is 0 Å². The number of halogens is 1. The lowest BCUT2D eigenvalue weighted by molar-refractivity contribution is -0.127. The van der Waals surface area contributed by atoms with Crippen molar-refractivity contribution in [3.8, 4) is 5.75 Å². The quantitative estimate of drug-likeness (QED) is 0.711. The highest BCUT2D eigenvalue weighted by molar-refractivity contribution is 6.31. The van der Waals surface area contributed by atoms with Crippen molar-refractivity contribution < 1.29 is 14.3 Å². The maximum Gasteiger partial charge on any atom is 0.260 e. The second-order valence-corrected chi connectivity index (χ2v) is 4.71. The van der Waals surface area contributed by atoms with Crippen molar-refractivity contribution in [3.63, 3.8) is 0 Å². The fourth-order valence-corrected chi connectivity index (χ4v) is 1.96. The zero-order valence-corrected chi connectivity index (χ0v) is 12.6. The number of benzene rings is 1. The van der Waals surface area contributed by atoms with Gasteiger partial charge in [0.1, 0.15) is 5.75 Å². The molecule has 0 saturated heterocycles. The zero-order valence-electron chi connectivity index (χ0n) is 11.8. The lowest BCUT2D eigenvalue weighted by atomic mass is 10.1. The van der Waals surface area contributed by atoms with Crippen LogP contribution in [0.5, 0.6) is 5.75 Å². The number of methoxy groups -OCH3 is 1. The highest BCUT2D eigenvalue weighted by atomic mass is 35.5. The summed E-state index contributed by atoms with van der Waals surface area (Å²) in [7, 11) is 1.58. The van der Waals surface area contributed by atoms with Crippen molar-refractivity contribution >= 4 is 17.5 Å². The molecule has 1 aromatic rings. The van der Waals surface area contributed by atoms with Crippen LogP contribution in [0.4, 0.5) is 0 Å². The lowest BCUT2D eigenvalue weighted by Gasteiger charge is -2.17. The monoisotopic (exact) mass is 300 g/mol. The van der Waals surface area contributed by atoms with Gasteiger partial charge in [-0.05, 0) is 32.0 Å². The molecule has 1 aromatic carbocycles. The molecule has 1 unspecified atom stereocenters. The Kier molecular flexibility index (Phi) is 7.36. The Balaban J connectivity index is 2.67. The minimum absolute atomic E-state index is 0.194. The Bertz CT molecular complexity index is 440. The number of nitrogens with one attached hydrogen (secondary N) is 1. The van der Waals surface area contributed by atoms with E-state index >= 15 is 0 Å². The van der Waals surface area contributed by atoms with Crippen LogP contribution >= 0.6 is 11.6 Å². The molecule has 0 radical (unpaired) electrons. The molecule has 20 heavy (non-hydrogen) atoms. The molecule has 0 bridgehead atoms. The first kappa shape index (κ1) is 16.8. The van der Waals surface area contributed by atoms with E-state index in [9.17, 15) is 4.79 Å². The Hall–Kier alpha value is -1.30. The van der Waals surface area contributed by atoms with E-state index in [0.717, 1.165) is 5.56 Å². The number of hydrogen-bond acceptors (Lipinski definition) is 4. The second-order valence-electron chi connectivity index (χ2n) is 4.30. The summed E-state index contributed by atoms with van der Waals surface area (Å²) in [6.45, 7) is 3.08. The van der Waals surface area contributed by atoms with E-state index in [1.807, 2.05) is 0 Å². The summed E-state index contributed by atoms with van der Waals surface area (Å²) in [6.07, 6.45) is -0.00521. The Morgan fingerprint density at radius 1 is 1.50 bits per heavy atom. The highest BCUT2D eigenvalue weighted by Gasteiger charge is 2.16. The van der Waals surface area contributed by atoms with Crippen molar-refractivity contribution in [1.82, 2.24) is 5.32 Å². The fraction of sp³-hybridized carbons (Fsp3) is 0.500. The van der Waals surface area contributed by atoms with E-state index in [2.05, 4.69) is 5.32 Å². The number of carbonyl (C=O) groups excluding carboxylic acids is 1. The maximum absolute atomic E-state index is 11.8. The standard InChI is InChI=1S/C14H21ClN2O3/c1-10(14(18)17-8-9-19-2)20-13-5-3-4-12(15)11(13)6-7-16/h3-5,10H,6-9,16H2,1-2H3,(H,17,18). The minimum Gasteiger partial charge on any atom is -0.481 e. The summed E-state index contributed by atoms with van der Waals surface area (Å²) in [4.78, 5) is 11.8. The molecule has 1 amide bonds. The Morgan fingerprint density at radius 2 is 2.25 bits per heavy atom. The lowest BCUT2D eigenvalue weighted by Crippen LogP contribution is -2.38. The molecule has 6 heteroatoms. The van der Waals surface area contributed by atoms with Crippen LogP contribution in [-0.4, -0.2) is 38.8 Å². The van der Waals surface area contributed by atoms with Crippen LogP contribution in [-0.2, 0) is 16.0 Å². The van der Waals surface area contributed by atoms with Gasteiger partial charge in [0.2, 0.25) is 0 Å². The predicted octanol–water partition coefficient (Wildman–Crippen LogP) is 1.37. The topological polar surface area (TPSA) is 73.6 Å². The van der Waals surface area contributed by atoms with Gasteiger partial charge in [-0.3, -0.25) is 4.79 Å². The van der Waals surface area contributed by atoms with Gasteiger partial charge in [-0.15, -0.1) is 0 Å². The van der Waals surface area contributed by atoms with Crippen LogP contribution in [0.3, 0.4) is 0 Å². The number of amides is 1. The van der Waals surface area contributed by atoms with Gasteiger partial charge in [0, 0.05) is 24.2 Å². The van der Waals surface area contributed by atoms with E-state index in [1.165, 1.54) is 0 Å². The molecule has 1 atom stereocenters. The Labute approximate surface area is 124 Å². The summed E-state index contributed by atoms with van der Waals surface area (Å²) < 4.78 is 10.5. The van der Waals surface area contributed by atoms with Crippen LogP contribution in [0, 0.1) is 0 Å². The van der Waals surface area contributed by atoms with Gasteiger partial charge in [-0.1, -0.05) is 17.7 Å². The summed E-state index contributed by atoms with van der Waals surface area (Å²) in [5.74, 6) is 0.401. The number of ether oxygens (including phenoxy) is 2. The number of rotatable bonds is 8. The molecule has 1 rings (SSSR count). The average Bonchev–Trinajstić information content (AvgIpc) is 2.42. The maximum atomic E-state index is 11.8. The summed E-state index contributed by atoms with van der Waals surface area (Å²) in [6, 6.07) is 5.35. The minimum atomic E-state index is -0.609. The van der Waals surface area contributed by atoms with E-state index in [4.69, 9.17) is 26.8 Å². The third-order valence-corrected chi connectivity index (χ3v) is 3.10. The molecule has 3 N–H and O–H groups in total. The van der Waals surface area contributed by atoms with E-state index in [1.54, 1.807) is 32.2 Å².